The van der Waals surface area contributed by atoms with Gasteiger partial charge in [0.1, 0.15) is 5.54 Å². The van der Waals surface area contributed by atoms with Crippen LogP contribution in [0.2, 0.25) is 5.02 Å². The summed E-state index contributed by atoms with van der Waals surface area (Å²) in [7, 11) is 0. The van der Waals surface area contributed by atoms with Crippen LogP contribution in [0.1, 0.15) is 6.42 Å². The second-order valence-electron chi connectivity index (χ2n) is 5.60. The first kappa shape index (κ1) is 14.7. The third-order valence-corrected chi connectivity index (χ3v) is 6.27. The van der Waals surface area contributed by atoms with Gasteiger partial charge in [0.2, 0.25) is 0 Å². The van der Waals surface area contributed by atoms with Crippen molar-refractivity contribution in [3.8, 4) is 0 Å². The van der Waals surface area contributed by atoms with Crippen LogP contribution in [0, 0.1) is 17.8 Å². The molecule has 2 aliphatic carbocycles. The predicted octanol–water partition coefficient (Wildman–Crippen LogP) is 1.93. The molecule has 5 unspecified atom stereocenters. The van der Waals surface area contributed by atoms with Crippen LogP contribution in [0.3, 0.4) is 0 Å². The highest BCUT2D eigenvalue weighted by Crippen LogP contribution is 2.65. The summed E-state index contributed by atoms with van der Waals surface area (Å²) in [6.07, 6.45) is 0.261. The van der Waals surface area contributed by atoms with Crippen molar-refractivity contribution in [2.75, 3.05) is 0 Å². The van der Waals surface area contributed by atoms with Crippen molar-refractivity contribution in [2.24, 2.45) is 23.5 Å². The second kappa shape index (κ2) is 4.90. The Morgan fingerprint density at radius 2 is 2.00 bits per heavy atom. The zero-order valence-corrected chi connectivity index (χ0v) is 12.5. The largest absolute Gasteiger partial charge is 0.481 e. The molecular weight excluding hydrogens is 314 g/mol. The van der Waals surface area contributed by atoms with Crippen molar-refractivity contribution in [2.45, 2.75) is 22.1 Å². The lowest BCUT2D eigenvalue weighted by Gasteiger charge is -2.24. The number of benzene rings is 1. The van der Waals surface area contributed by atoms with Gasteiger partial charge < -0.3 is 15.9 Å². The maximum Gasteiger partial charge on any atom is 0.324 e. The molecule has 0 aromatic heterocycles. The highest BCUT2D eigenvalue weighted by Gasteiger charge is 2.73. The van der Waals surface area contributed by atoms with Crippen LogP contribution in [0.25, 0.3) is 0 Å². The van der Waals surface area contributed by atoms with Crippen molar-refractivity contribution in [3.63, 3.8) is 0 Å². The fourth-order valence-electron chi connectivity index (χ4n) is 3.44. The van der Waals surface area contributed by atoms with E-state index in [0.29, 0.717) is 5.02 Å². The van der Waals surface area contributed by atoms with Crippen molar-refractivity contribution in [1.82, 2.24) is 0 Å². The minimum atomic E-state index is -1.45. The average molecular weight is 328 g/mol. The van der Waals surface area contributed by atoms with Gasteiger partial charge in [0.25, 0.3) is 0 Å². The first-order valence-electron chi connectivity index (χ1n) is 6.52. The van der Waals surface area contributed by atoms with Crippen molar-refractivity contribution >= 4 is 35.3 Å². The van der Waals surface area contributed by atoms with Crippen LogP contribution in [-0.4, -0.2) is 32.9 Å². The van der Waals surface area contributed by atoms with E-state index in [2.05, 4.69) is 0 Å². The molecule has 5 atom stereocenters. The summed E-state index contributed by atoms with van der Waals surface area (Å²) in [5.74, 6) is -3.45. The van der Waals surface area contributed by atoms with E-state index < -0.39 is 29.3 Å². The summed E-state index contributed by atoms with van der Waals surface area (Å²) in [5, 5.41) is 19.0. The summed E-state index contributed by atoms with van der Waals surface area (Å²) in [5.41, 5.74) is 4.54. The van der Waals surface area contributed by atoms with Gasteiger partial charge >= 0.3 is 11.9 Å². The second-order valence-corrected chi connectivity index (χ2v) is 7.29. The molecule has 5 nitrogen and oxygen atoms in total. The van der Waals surface area contributed by atoms with Crippen LogP contribution >= 0.6 is 23.4 Å². The van der Waals surface area contributed by atoms with Gasteiger partial charge in [0, 0.05) is 16.1 Å². The van der Waals surface area contributed by atoms with E-state index in [0.717, 1.165) is 4.90 Å². The molecule has 4 N–H and O–H groups in total. The summed E-state index contributed by atoms with van der Waals surface area (Å²) in [6, 6.07) is 7.25. The van der Waals surface area contributed by atoms with Gasteiger partial charge in [-0.15, -0.1) is 11.8 Å². The Kier molecular flexibility index (Phi) is 3.43. The van der Waals surface area contributed by atoms with Gasteiger partial charge in [-0.25, -0.2) is 0 Å². The van der Waals surface area contributed by atoms with Crippen molar-refractivity contribution in [1.29, 1.82) is 0 Å². The molecule has 0 saturated heterocycles. The minimum Gasteiger partial charge on any atom is -0.481 e. The maximum atomic E-state index is 11.4. The molecule has 2 aliphatic rings. The van der Waals surface area contributed by atoms with Gasteiger partial charge in [0.05, 0.1) is 10.9 Å². The molecule has 0 heterocycles. The van der Waals surface area contributed by atoms with Crippen LogP contribution in [-0.2, 0) is 9.59 Å². The Balaban J connectivity index is 1.86. The molecule has 112 valence electrons. The lowest BCUT2D eigenvalue weighted by Crippen LogP contribution is -2.50. The first-order chi connectivity index (χ1) is 9.86. The highest BCUT2D eigenvalue weighted by molar-refractivity contribution is 8.00. The first-order valence-corrected chi connectivity index (χ1v) is 7.78. The minimum absolute atomic E-state index is 0.142. The Bertz CT molecular complexity index is 625. The quantitative estimate of drug-likeness (QED) is 0.781. The van der Waals surface area contributed by atoms with Gasteiger partial charge in [-0.3, -0.25) is 9.59 Å². The molecular formula is C14H14ClNO4S. The zero-order valence-electron chi connectivity index (χ0n) is 10.9. The van der Waals surface area contributed by atoms with Gasteiger partial charge in [-0.2, -0.15) is 0 Å². The van der Waals surface area contributed by atoms with E-state index in [1.54, 1.807) is 6.07 Å². The monoisotopic (exact) mass is 327 g/mol. The number of carboxylic acids is 2. The summed E-state index contributed by atoms with van der Waals surface area (Å²) in [6.45, 7) is 0. The van der Waals surface area contributed by atoms with E-state index in [-0.39, 0.29) is 17.6 Å². The van der Waals surface area contributed by atoms with Crippen molar-refractivity contribution < 1.29 is 19.8 Å². The average Bonchev–Trinajstić information content (AvgIpc) is 3.10. The normalized spacial score (nSPS) is 37.0. The lowest BCUT2D eigenvalue weighted by molar-refractivity contribution is -0.145. The van der Waals surface area contributed by atoms with E-state index in [9.17, 15) is 19.8 Å². The van der Waals surface area contributed by atoms with E-state index >= 15 is 0 Å². The summed E-state index contributed by atoms with van der Waals surface area (Å²) in [4.78, 5) is 23.5. The Labute approximate surface area is 130 Å². The number of carboxylic acid groups (broad SMARTS) is 2. The number of carbonyl (C=O) groups is 2. The highest BCUT2D eigenvalue weighted by atomic mass is 35.5. The molecule has 2 fully saturated rings. The lowest BCUT2D eigenvalue weighted by atomic mass is 9.91. The third kappa shape index (κ3) is 2.22. The number of thioether (sulfide) groups is 1. The number of hydrogen-bond acceptors (Lipinski definition) is 4. The van der Waals surface area contributed by atoms with Gasteiger partial charge in [0.15, 0.2) is 0 Å². The topological polar surface area (TPSA) is 101 Å². The molecule has 0 spiro atoms. The molecule has 21 heavy (non-hydrogen) atoms. The van der Waals surface area contributed by atoms with Gasteiger partial charge in [-0.1, -0.05) is 23.7 Å². The Hall–Kier alpha value is -1.24. The van der Waals surface area contributed by atoms with Crippen LogP contribution in [0.4, 0.5) is 0 Å². The number of hydrogen-bond donors (Lipinski definition) is 3. The Morgan fingerprint density at radius 3 is 2.57 bits per heavy atom. The molecule has 1 aromatic rings. The Morgan fingerprint density at radius 1 is 1.33 bits per heavy atom. The molecule has 2 saturated carbocycles. The van der Waals surface area contributed by atoms with Crippen LogP contribution < -0.4 is 5.73 Å². The number of halogens is 1. The molecule has 0 amide bonds. The third-order valence-electron chi connectivity index (χ3n) is 4.44. The van der Waals surface area contributed by atoms with Crippen molar-refractivity contribution in [3.05, 3.63) is 29.3 Å². The van der Waals surface area contributed by atoms with E-state index in [4.69, 9.17) is 17.3 Å². The van der Waals surface area contributed by atoms with Gasteiger partial charge in [-0.05, 0) is 24.5 Å². The molecule has 0 aliphatic heterocycles. The number of rotatable bonds is 4. The molecule has 3 rings (SSSR count). The van der Waals surface area contributed by atoms with E-state index in [1.807, 2.05) is 18.2 Å². The maximum absolute atomic E-state index is 11.4. The standard InChI is InChI=1S/C14H14ClNO4S/c15-6-3-1-2-4-7(6)21-8-5-14(16,13(19)20)11-9(8)10(11)12(17)18/h1-4,8-11H,5,16H2,(H,17,18)(H,19,20). The molecule has 1 aromatic carbocycles. The molecule has 7 heteroatoms. The number of aliphatic carboxylic acids is 2. The smallest absolute Gasteiger partial charge is 0.324 e. The fourth-order valence-corrected chi connectivity index (χ4v) is 5.23. The summed E-state index contributed by atoms with van der Waals surface area (Å²) >= 11 is 7.54. The molecule has 0 radical (unpaired) electrons. The van der Waals surface area contributed by atoms with E-state index in [1.165, 1.54) is 11.8 Å². The summed E-state index contributed by atoms with van der Waals surface area (Å²) < 4.78 is 0. The SMILES string of the molecule is NC1(C(=O)O)CC(Sc2ccccc2Cl)C2C(C(=O)O)C21. The predicted molar refractivity (Wildman–Crippen MR) is 78.4 cm³/mol. The van der Waals surface area contributed by atoms with Crippen LogP contribution in [0.5, 0.6) is 0 Å². The zero-order chi connectivity index (χ0) is 15.4. The van der Waals surface area contributed by atoms with Crippen LogP contribution in [0.15, 0.2) is 29.2 Å². The number of fused-ring (bicyclic) bond motifs is 1. The fraction of sp³-hybridized carbons (Fsp3) is 0.429. The number of nitrogens with two attached hydrogens (primary N) is 1. The molecule has 0 bridgehead atoms.